The highest BCUT2D eigenvalue weighted by molar-refractivity contribution is 5.81. The maximum absolute atomic E-state index is 13.1. The van der Waals surface area contributed by atoms with Gasteiger partial charge in [-0.3, -0.25) is 14.4 Å². The van der Waals surface area contributed by atoms with Crippen molar-refractivity contribution in [1.82, 2.24) is 0 Å². The van der Waals surface area contributed by atoms with E-state index in [4.69, 9.17) is 42.6 Å². The van der Waals surface area contributed by atoms with E-state index in [1.54, 1.807) is 21.0 Å². The third-order valence-electron chi connectivity index (χ3n) is 14.9. The van der Waals surface area contributed by atoms with E-state index in [2.05, 4.69) is 6.92 Å². The van der Waals surface area contributed by atoms with Crippen molar-refractivity contribution in [2.24, 2.45) is 28.6 Å². The molecule has 3 aliphatic heterocycles. The third-order valence-corrected chi connectivity index (χ3v) is 14.9. The van der Waals surface area contributed by atoms with Gasteiger partial charge < -0.3 is 52.8 Å². The Labute approximate surface area is 312 Å². The van der Waals surface area contributed by atoms with Crippen molar-refractivity contribution in [3.63, 3.8) is 0 Å². The van der Waals surface area contributed by atoms with Gasteiger partial charge in [-0.1, -0.05) is 13.8 Å². The molecule has 7 fully saturated rings. The summed E-state index contributed by atoms with van der Waals surface area (Å²) >= 11 is 0. The fraction of sp³-hybridized carbons (Fsp3) is 0.923. The molecular weight excluding hydrogens is 692 g/mol. The molecule has 14 heteroatoms. The molecule has 0 radical (unpaired) electrons. The van der Waals surface area contributed by atoms with Crippen LogP contribution in [0, 0.1) is 28.6 Å². The van der Waals surface area contributed by atoms with Crippen molar-refractivity contribution in [3.05, 3.63) is 0 Å². The van der Waals surface area contributed by atoms with Crippen molar-refractivity contribution < 1.29 is 67.2 Å². The van der Waals surface area contributed by atoms with E-state index >= 15 is 0 Å². The summed E-state index contributed by atoms with van der Waals surface area (Å²) in [4.78, 5) is 38.6. The Morgan fingerprint density at radius 2 is 1.47 bits per heavy atom. The highest BCUT2D eigenvalue weighted by Crippen LogP contribution is 2.81. The standard InChI is InChI=1S/C39H60O14/c1-18(40)25-12-15-39-37(25,7)34(50-22(5)42)32(49-21(4)41)33-36(6)13-11-24(16-23(36)10-14-38(33,39)53-39)51-27-17-26(45-8)30(20(3)47-27)52-35-29(44)31(46-9)28(43)19(2)48-35/h19-20,23-35,43-44H,10-17H2,1-9H3/t19?,20?,23?,24?,25?,26?,27?,28?,29?,30?,31?,32?,33?,34?,35?,36-,37-,38-,39+/m0/s1. The summed E-state index contributed by atoms with van der Waals surface area (Å²) in [5.41, 5.74) is -2.37. The SMILES string of the molecule is COC1CC(OC2CC[C@@]3(C)C(CC[C@@]45O[C@@]46CCC(C(C)=O)[C@@]6(C)C(OC(C)=O)C(OC(C)=O)C35)C2)OC(C)C1OC1OC(C)C(O)C(OC)C1O. The maximum Gasteiger partial charge on any atom is 0.303 e. The summed E-state index contributed by atoms with van der Waals surface area (Å²) in [7, 11) is 3.03. The number of hydrogen-bond donors (Lipinski definition) is 2. The van der Waals surface area contributed by atoms with Crippen molar-refractivity contribution in [2.75, 3.05) is 14.2 Å². The van der Waals surface area contributed by atoms with E-state index in [1.165, 1.54) is 21.0 Å². The summed E-state index contributed by atoms with van der Waals surface area (Å²) in [5, 5.41) is 21.3. The summed E-state index contributed by atoms with van der Waals surface area (Å²) in [5.74, 6) is -1.30. The van der Waals surface area contributed by atoms with Crippen molar-refractivity contribution in [2.45, 2.75) is 185 Å². The Hall–Kier alpha value is -1.75. The second kappa shape index (κ2) is 14.0. The largest absolute Gasteiger partial charge is 0.458 e. The Balaban J connectivity index is 1.07. The number of aliphatic hydroxyl groups excluding tert-OH is 2. The number of carbonyl (C=O) groups is 3. The number of ketones is 1. The number of methoxy groups -OCH3 is 2. The normalized spacial score (nSPS) is 53.0. The van der Waals surface area contributed by atoms with Gasteiger partial charge in [0.1, 0.15) is 53.6 Å². The predicted octanol–water partition coefficient (Wildman–Crippen LogP) is 2.99. The molecule has 4 saturated carbocycles. The second-order valence-corrected chi connectivity index (χ2v) is 17.4. The lowest BCUT2D eigenvalue weighted by molar-refractivity contribution is -0.343. The van der Waals surface area contributed by atoms with Crippen LogP contribution in [0.15, 0.2) is 0 Å². The summed E-state index contributed by atoms with van der Waals surface area (Å²) in [6.45, 7) is 12.2. The molecule has 0 amide bonds. The number of carbonyl (C=O) groups excluding carboxylic acids is 3. The van der Waals surface area contributed by atoms with Gasteiger partial charge in [0.15, 0.2) is 12.6 Å². The molecule has 0 aromatic heterocycles. The monoisotopic (exact) mass is 752 g/mol. The predicted molar refractivity (Wildman–Crippen MR) is 184 cm³/mol. The zero-order valence-electron chi connectivity index (χ0n) is 32.6. The van der Waals surface area contributed by atoms with E-state index in [0.717, 1.165) is 32.1 Å². The van der Waals surface area contributed by atoms with Gasteiger partial charge in [0, 0.05) is 51.7 Å². The topological polar surface area (TPSA) is 178 Å². The van der Waals surface area contributed by atoms with E-state index in [1.807, 2.05) is 13.8 Å². The van der Waals surface area contributed by atoms with Crippen LogP contribution in [0.4, 0.5) is 0 Å². The number of Topliss-reactive ketones (excluding diaryl/α,β-unsaturated/α-hetero) is 1. The van der Waals surface area contributed by atoms with Crippen molar-refractivity contribution >= 4 is 17.7 Å². The minimum Gasteiger partial charge on any atom is -0.458 e. The molecule has 3 saturated heterocycles. The average Bonchev–Trinajstić information content (AvgIpc) is 3.63. The highest BCUT2D eigenvalue weighted by atomic mass is 16.7. The van der Waals surface area contributed by atoms with Crippen LogP contribution in [-0.2, 0) is 57.0 Å². The van der Waals surface area contributed by atoms with Gasteiger partial charge in [0.2, 0.25) is 0 Å². The number of ether oxygens (including phenoxy) is 9. The van der Waals surface area contributed by atoms with E-state index < -0.39 is 96.1 Å². The Morgan fingerprint density at radius 3 is 2.11 bits per heavy atom. The molecule has 2 spiro atoms. The van der Waals surface area contributed by atoms with E-state index in [9.17, 15) is 24.6 Å². The quantitative estimate of drug-likeness (QED) is 0.200. The Kier molecular flexibility index (Phi) is 10.4. The number of fused-ring (bicyclic) bond motifs is 2. The summed E-state index contributed by atoms with van der Waals surface area (Å²) in [6, 6.07) is 0. The van der Waals surface area contributed by atoms with E-state index in [-0.39, 0.29) is 35.1 Å². The lowest BCUT2D eigenvalue weighted by Crippen LogP contribution is -2.70. The zero-order chi connectivity index (χ0) is 38.4. The summed E-state index contributed by atoms with van der Waals surface area (Å²) in [6.07, 6.45) is -2.79. The van der Waals surface area contributed by atoms with Crippen molar-refractivity contribution in [3.8, 4) is 0 Å². The number of epoxide rings is 1. The van der Waals surface area contributed by atoms with Crippen LogP contribution in [0.1, 0.15) is 99.8 Å². The number of esters is 2. The molecule has 53 heavy (non-hydrogen) atoms. The van der Waals surface area contributed by atoms with Crippen LogP contribution < -0.4 is 0 Å². The molecule has 4 aliphatic carbocycles. The first-order chi connectivity index (χ1) is 25.0. The number of aliphatic hydroxyl groups is 2. The molecule has 0 aromatic rings. The van der Waals surface area contributed by atoms with Gasteiger partial charge in [-0.15, -0.1) is 0 Å². The molecule has 7 aliphatic rings. The van der Waals surface area contributed by atoms with E-state index in [0.29, 0.717) is 19.3 Å². The van der Waals surface area contributed by atoms with Gasteiger partial charge in [0.25, 0.3) is 0 Å². The first kappa shape index (κ1) is 39.5. The molecule has 2 N–H and O–H groups in total. The van der Waals surface area contributed by atoms with Crippen molar-refractivity contribution in [1.29, 1.82) is 0 Å². The Morgan fingerprint density at radius 1 is 0.755 bits per heavy atom. The minimum absolute atomic E-state index is 0.0340. The van der Waals surface area contributed by atoms with Crippen LogP contribution in [0.3, 0.4) is 0 Å². The molecule has 0 bridgehead atoms. The van der Waals surface area contributed by atoms with Crippen LogP contribution >= 0.6 is 0 Å². The van der Waals surface area contributed by atoms with Gasteiger partial charge in [-0.2, -0.15) is 0 Å². The summed E-state index contributed by atoms with van der Waals surface area (Å²) < 4.78 is 55.8. The fourth-order valence-corrected chi connectivity index (χ4v) is 12.5. The lowest BCUT2D eigenvalue weighted by Gasteiger charge is -2.61. The van der Waals surface area contributed by atoms with Crippen LogP contribution in [-0.4, -0.2) is 127 Å². The lowest BCUT2D eigenvalue weighted by atomic mass is 9.43. The fourth-order valence-electron chi connectivity index (χ4n) is 12.5. The highest BCUT2D eigenvalue weighted by Gasteiger charge is 2.91. The maximum atomic E-state index is 13.1. The molecular formula is C39H60O14. The molecule has 19 atom stereocenters. The van der Waals surface area contributed by atoms with Crippen LogP contribution in [0.25, 0.3) is 0 Å². The molecule has 3 heterocycles. The first-order valence-corrected chi connectivity index (χ1v) is 19.6. The minimum atomic E-state index is -1.21. The average molecular weight is 753 g/mol. The molecule has 300 valence electrons. The molecule has 14 nitrogen and oxygen atoms in total. The molecule has 0 aromatic carbocycles. The second-order valence-electron chi connectivity index (χ2n) is 17.4. The Bertz CT molecular complexity index is 1430. The van der Waals surface area contributed by atoms with Gasteiger partial charge >= 0.3 is 11.9 Å². The van der Waals surface area contributed by atoms with Gasteiger partial charge in [-0.05, 0) is 77.0 Å². The van der Waals surface area contributed by atoms with Crippen LogP contribution in [0.5, 0.6) is 0 Å². The van der Waals surface area contributed by atoms with Crippen LogP contribution in [0.2, 0.25) is 0 Å². The smallest absolute Gasteiger partial charge is 0.303 e. The number of rotatable bonds is 9. The first-order valence-electron chi connectivity index (χ1n) is 19.6. The molecule has 7 rings (SSSR count). The number of hydrogen-bond acceptors (Lipinski definition) is 14. The molecule has 15 unspecified atom stereocenters. The zero-order valence-corrected chi connectivity index (χ0v) is 32.6. The third kappa shape index (κ3) is 5.95. The van der Waals surface area contributed by atoms with Gasteiger partial charge in [0.05, 0.1) is 24.4 Å². The van der Waals surface area contributed by atoms with Gasteiger partial charge in [-0.25, -0.2) is 0 Å².